The van der Waals surface area contributed by atoms with Crippen LogP contribution in [0.15, 0.2) is 22.7 Å². The molecule has 1 amide bonds. The Morgan fingerprint density at radius 1 is 1.23 bits per heavy atom. The average Bonchev–Trinajstić information content (AvgIpc) is 2.96. The number of piperidine rings is 1. The minimum atomic E-state index is 0.126. The quantitative estimate of drug-likeness (QED) is 0.855. The van der Waals surface area contributed by atoms with Gasteiger partial charge in [0.1, 0.15) is 0 Å². The first-order chi connectivity index (χ1) is 10.5. The molecular weight excluding hydrogens is 278 g/mol. The molecule has 0 spiro atoms. The predicted molar refractivity (Wildman–Crippen MR) is 82.8 cm³/mol. The Morgan fingerprint density at radius 2 is 1.95 bits per heavy atom. The van der Waals surface area contributed by atoms with Crippen LogP contribution >= 0.6 is 0 Å². The normalized spacial score (nSPS) is 16.0. The summed E-state index contributed by atoms with van der Waals surface area (Å²) >= 11 is 0. The number of likely N-dealkylation sites (tertiary alicyclic amines) is 1. The van der Waals surface area contributed by atoms with Gasteiger partial charge < -0.3 is 9.42 Å². The molecule has 0 atom stereocenters. The molecule has 116 valence electrons. The first-order valence-electron chi connectivity index (χ1n) is 7.71. The molecule has 3 rings (SSSR count). The van der Waals surface area contributed by atoms with Crippen LogP contribution in [-0.4, -0.2) is 34.0 Å². The van der Waals surface area contributed by atoms with Gasteiger partial charge in [-0.15, -0.1) is 0 Å². The summed E-state index contributed by atoms with van der Waals surface area (Å²) < 4.78 is 5.25. The van der Waals surface area contributed by atoms with Crippen LogP contribution in [0.25, 0.3) is 0 Å². The standard InChI is InChI=1S/C17H21N3O2/c1-11-4-5-12(2)15(10-11)17(21)20-8-6-14(7-9-20)16-18-13(3)19-22-16/h4-5,10,14H,6-9H2,1-3H3. The molecule has 0 N–H and O–H groups in total. The molecular formula is C17H21N3O2. The van der Waals surface area contributed by atoms with Crippen LogP contribution in [0.4, 0.5) is 0 Å². The van der Waals surface area contributed by atoms with Crippen molar-refractivity contribution in [3.63, 3.8) is 0 Å². The number of aromatic nitrogens is 2. The lowest BCUT2D eigenvalue weighted by atomic mass is 9.95. The van der Waals surface area contributed by atoms with E-state index in [0.29, 0.717) is 11.7 Å². The first-order valence-corrected chi connectivity index (χ1v) is 7.71. The van der Waals surface area contributed by atoms with E-state index >= 15 is 0 Å². The van der Waals surface area contributed by atoms with E-state index in [1.54, 1.807) is 0 Å². The average molecular weight is 299 g/mol. The van der Waals surface area contributed by atoms with Crippen LogP contribution < -0.4 is 0 Å². The van der Waals surface area contributed by atoms with Gasteiger partial charge in [0.05, 0.1) is 0 Å². The zero-order valence-corrected chi connectivity index (χ0v) is 13.3. The number of carbonyl (C=O) groups is 1. The van der Waals surface area contributed by atoms with Gasteiger partial charge >= 0.3 is 0 Å². The largest absolute Gasteiger partial charge is 0.339 e. The van der Waals surface area contributed by atoms with Crippen molar-refractivity contribution in [2.24, 2.45) is 0 Å². The Kier molecular flexibility index (Phi) is 3.96. The van der Waals surface area contributed by atoms with Crippen LogP contribution in [0.5, 0.6) is 0 Å². The summed E-state index contributed by atoms with van der Waals surface area (Å²) in [6.07, 6.45) is 1.75. The fourth-order valence-electron chi connectivity index (χ4n) is 2.95. The van der Waals surface area contributed by atoms with Crippen molar-refractivity contribution >= 4 is 5.91 Å². The van der Waals surface area contributed by atoms with Crippen LogP contribution in [0.1, 0.15) is 52.0 Å². The first kappa shape index (κ1) is 14.8. The Morgan fingerprint density at radius 3 is 2.59 bits per heavy atom. The molecule has 0 aliphatic carbocycles. The van der Waals surface area contributed by atoms with Crippen molar-refractivity contribution in [1.29, 1.82) is 0 Å². The molecule has 22 heavy (non-hydrogen) atoms. The van der Waals surface area contributed by atoms with Crippen molar-refractivity contribution < 1.29 is 9.32 Å². The molecule has 0 saturated carbocycles. The third-order valence-corrected chi connectivity index (χ3v) is 4.30. The smallest absolute Gasteiger partial charge is 0.254 e. The Labute approximate surface area is 130 Å². The number of hydrogen-bond acceptors (Lipinski definition) is 4. The Hall–Kier alpha value is -2.17. The van der Waals surface area contributed by atoms with Crippen molar-refractivity contribution in [1.82, 2.24) is 15.0 Å². The van der Waals surface area contributed by atoms with Gasteiger partial charge in [0.2, 0.25) is 5.89 Å². The van der Waals surface area contributed by atoms with Gasteiger partial charge in [-0.05, 0) is 45.2 Å². The second-order valence-electron chi connectivity index (χ2n) is 6.06. The fourth-order valence-corrected chi connectivity index (χ4v) is 2.95. The SMILES string of the molecule is Cc1ccc(C)c(C(=O)N2CCC(c3nc(C)no3)CC2)c1. The monoisotopic (exact) mass is 299 g/mol. The molecule has 5 heteroatoms. The van der Waals surface area contributed by atoms with Gasteiger partial charge in [-0.25, -0.2) is 0 Å². The topological polar surface area (TPSA) is 59.2 Å². The van der Waals surface area contributed by atoms with Crippen LogP contribution in [0.2, 0.25) is 0 Å². The zero-order chi connectivity index (χ0) is 15.7. The summed E-state index contributed by atoms with van der Waals surface area (Å²) in [7, 11) is 0. The van der Waals surface area contributed by atoms with Crippen molar-refractivity contribution in [2.75, 3.05) is 13.1 Å². The van der Waals surface area contributed by atoms with Gasteiger partial charge in [0.15, 0.2) is 5.82 Å². The number of carbonyl (C=O) groups excluding carboxylic acids is 1. The van der Waals surface area contributed by atoms with E-state index in [1.165, 1.54) is 0 Å². The van der Waals surface area contributed by atoms with Gasteiger partial charge in [0.25, 0.3) is 5.91 Å². The molecule has 1 saturated heterocycles. The number of aryl methyl sites for hydroxylation is 3. The lowest BCUT2D eigenvalue weighted by molar-refractivity contribution is 0.0703. The number of benzene rings is 1. The fraction of sp³-hybridized carbons (Fsp3) is 0.471. The molecule has 5 nitrogen and oxygen atoms in total. The van der Waals surface area contributed by atoms with Crippen LogP contribution in [0, 0.1) is 20.8 Å². The molecule has 0 bridgehead atoms. The second kappa shape index (κ2) is 5.91. The molecule has 1 fully saturated rings. The van der Waals surface area contributed by atoms with E-state index in [2.05, 4.69) is 10.1 Å². The van der Waals surface area contributed by atoms with E-state index < -0.39 is 0 Å². The van der Waals surface area contributed by atoms with Gasteiger partial charge in [0, 0.05) is 24.6 Å². The highest BCUT2D eigenvalue weighted by molar-refractivity contribution is 5.95. The van der Waals surface area contributed by atoms with Crippen molar-refractivity contribution in [2.45, 2.75) is 39.5 Å². The summed E-state index contributed by atoms with van der Waals surface area (Å²) in [5, 5.41) is 3.85. The molecule has 0 unspecified atom stereocenters. The number of rotatable bonds is 2. The summed E-state index contributed by atoms with van der Waals surface area (Å²) in [4.78, 5) is 18.9. The minimum Gasteiger partial charge on any atom is -0.339 e. The second-order valence-corrected chi connectivity index (χ2v) is 6.06. The summed E-state index contributed by atoms with van der Waals surface area (Å²) in [6, 6.07) is 6.03. The highest BCUT2D eigenvalue weighted by Crippen LogP contribution is 2.27. The number of nitrogens with zero attached hydrogens (tertiary/aromatic N) is 3. The van der Waals surface area contributed by atoms with E-state index in [0.717, 1.165) is 42.6 Å². The zero-order valence-electron chi connectivity index (χ0n) is 13.3. The molecule has 1 aromatic heterocycles. The van der Waals surface area contributed by atoms with E-state index in [-0.39, 0.29) is 11.8 Å². The Balaban J connectivity index is 1.68. The van der Waals surface area contributed by atoms with Gasteiger partial charge in [-0.1, -0.05) is 22.9 Å². The maximum absolute atomic E-state index is 12.7. The van der Waals surface area contributed by atoms with Gasteiger partial charge in [-0.2, -0.15) is 4.98 Å². The maximum atomic E-state index is 12.7. The third-order valence-electron chi connectivity index (χ3n) is 4.30. The lowest BCUT2D eigenvalue weighted by Gasteiger charge is -2.31. The van der Waals surface area contributed by atoms with E-state index in [4.69, 9.17) is 4.52 Å². The van der Waals surface area contributed by atoms with Crippen LogP contribution in [0.3, 0.4) is 0 Å². The van der Waals surface area contributed by atoms with Crippen LogP contribution in [-0.2, 0) is 0 Å². The van der Waals surface area contributed by atoms with E-state index in [1.807, 2.05) is 43.9 Å². The highest BCUT2D eigenvalue weighted by atomic mass is 16.5. The number of amides is 1. The molecule has 2 heterocycles. The Bertz CT molecular complexity index is 685. The molecule has 1 aliphatic rings. The number of hydrogen-bond donors (Lipinski definition) is 0. The third kappa shape index (κ3) is 2.89. The van der Waals surface area contributed by atoms with E-state index in [9.17, 15) is 4.79 Å². The van der Waals surface area contributed by atoms with Gasteiger partial charge in [-0.3, -0.25) is 4.79 Å². The molecule has 0 radical (unpaired) electrons. The highest BCUT2D eigenvalue weighted by Gasteiger charge is 2.28. The molecule has 1 aliphatic heterocycles. The minimum absolute atomic E-state index is 0.126. The van der Waals surface area contributed by atoms with Crippen molar-refractivity contribution in [3.05, 3.63) is 46.6 Å². The summed E-state index contributed by atoms with van der Waals surface area (Å²) in [6.45, 7) is 7.30. The molecule has 2 aromatic rings. The summed E-state index contributed by atoms with van der Waals surface area (Å²) in [5.74, 6) is 1.77. The summed E-state index contributed by atoms with van der Waals surface area (Å²) in [5.41, 5.74) is 2.96. The van der Waals surface area contributed by atoms with Crippen molar-refractivity contribution in [3.8, 4) is 0 Å². The lowest BCUT2D eigenvalue weighted by Crippen LogP contribution is -2.38. The maximum Gasteiger partial charge on any atom is 0.254 e. The predicted octanol–water partition coefficient (Wildman–Crippen LogP) is 3.01. The molecule has 1 aromatic carbocycles.